The number of pyridine rings is 1. The highest BCUT2D eigenvalue weighted by molar-refractivity contribution is 6.02. The Kier molecular flexibility index (Phi) is 5.39. The summed E-state index contributed by atoms with van der Waals surface area (Å²) >= 11 is 0. The number of rotatable bonds is 7. The molecule has 7 nitrogen and oxygen atoms in total. The van der Waals surface area contributed by atoms with Crippen molar-refractivity contribution in [2.24, 2.45) is 0 Å². The molecule has 1 amide bonds. The van der Waals surface area contributed by atoms with Crippen LogP contribution in [0.4, 0.5) is 5.82 Å². The fraction of sp³-hybridized carbons (Fsp3) is 0.400. The molecule has 0 aliphatic carbocycles. The van der Waals surface area contributed by atoms with Crippen LogP contribution in [0.3, 0.4) is 0 Å². The van der Waals surface area contributed by atoms with Gasteiger partial charge in [-0.2, -0.15) is 5.10 Å². The Morgan fingerprint density at radius 2 is 2.04 bits per heavy atom. The molecule has 1 atom stereocenters. The molecule has 0 radical (unpaired) electrons. The fourth-order valence-electron chi connectivity index (χ4n) is 3.01. The van der Waals surface area contributed by atoms with Crippen molar-refractivity contribution in [2.75, 3.05) is 5.32 Å². The molecule has 7 heteroatoms. The minimum atomic E-state index is -0.902. The SMILES string of the molecule is CC[C@@H](C)n1nc(NC(=O)CCCC(=O)O)c2cc3cc(C)ccc3nc21. The van der Waals surface area contributed by atoms with Crippen LogP contribution in [0.15, 0.2) is 24.3 Å². The molecule has 3 rings (SSSR count). The number of anilines is 1. The molecule has 0 unspecified atom stereocenters. The van der Waals surface area contributed by atoms with Gasteiger partial charge in [0, 0.05) is 18.2 Å². The summed E-state index contributed by atoms with van der Waals surface area (Å²) in [4.78, 5) is 27.6. The number of hydrogen-bond donors (Lipinski definition) is 2. The monoisotopic (exact) mass is 368 g/mol. The third kappa shape index (κ3) is 4.07. The molecular weight excluding hydrogens is 344 g/mol. The molecule has 3 aromatic rings. The molecule has 0 bridgehead atoms. The minimum Gasteiger partial charge on any atom is -0.481 e. The number of nitrogens with one attached hydrogen (secondary N) is 1. The van der Waals surface area contributed by atoms with Gasteiger partial charge in [-0.3, -0.25) is 9.59 Å². The van der Waals surface area contributed by atoms with E-state index >= 15 is 0 Å². The Hall–Kier alpha value is -2.96. The van der Waals surface area contributed by atoms with E-state index in [1.54, 1.807) is 0 Å². The van der Waals surface area contributed by atoms with Crippen molar-refractivity contribution in [3.8, 4) is 0 Å². The second-order valence-electron chi connectivity index (χ2n) is 6.90. The lowest BCUT2D eigenvalue weighted by molar-refractivity contribution is -0.137. The molecule has 2 aromatic heterocycles. The maximum atomic E-state index is 12.2. The highest BCUT2D eigenvalue weighted by Crippen LogP contribution is 2.29. The highest BCUT2D eigenvalue weighted by atomic mass is 16.4. The van der Waals surface area contributed by atoms with E-state index in [9.17, 15) is 9.59 Å². The zero-order valence-corrected chi connectivity index (χ0v) is 15.8. The van der Waals surface area contributed by atoms with Gasteiger partial charge in [-0.1, -0.05) is 18.6 Å². The molecule has 0 spiro atoms. The summed E-state index contributed by atoms with van der Waals surface area (Å²) < 4.78 is 1.85. The summed E-state index contributed by atoms with van der Waals surface area (Å²) in [5, 5.41) is 17.9. The maximum Gasteiger partial charge on any atom is 0.303 e. The number of hydrogen-bond acceptors (Lipinski definition) is 4. The van der Waals surface area contributed by atoms with Crippen LogP contribution in [0.5, 0.6) is 0 Å². The number of aliphatic carboxylic acids is 1. The summed E-state index contributed by atoms with van der Waals surface area (Å²) in [7, 11) is 0. The number of amides is 1. The van der Waals surface area contributed by atoms with Crippen molar-refractivity contribution in [3.05, 3.63) is 29.8 Å². The zero-order valence-electron chi connectivity index (χ0n) is 15.8. The van der Waals surface area contributed by atoms with Crippen molar-refractivity contribution >= 4 is 39.6 Å². The van der Waals surface area contributed by atoms with Crippen LogP contribution in [-0.4, -0.2) is 31.7 Å². The Balaban J connectivity index is 2.00. The summed E-state index contributed by atoms with van der Waals surface area (Å²) in [6, 6.07) is 8.21. The first-order valence-corrected chi connectivity index (χ1v) is 9.20. The van der Waals surface area contributed by atoms with Gasteiger partial charge in [0.15, 0.2) is 11.5 Å². The van der Waals surface area contributed by atoms with Gasteiger partial charge in [0.1, 0.15) is 0 Å². The van der Waals surface area contributed by atoms with Gasteiger partial charge in [0.05, 0.1) is 16.9 Å². The predicted molar refractivity (Wildman–Crippen MR) is 105 cm³/mol. The number of aromatic nitrogens is 3. The van der Waals surface area contributed by atoms with Crippen molar-refractivity contribution in [1.29, 1.82) is 0 Å². The van der Waals surface area contributed by atoms with Gasteiger partial charge < -0.3 is 10.4 Å². The van der Waals surface area contributed by atoms with Gasteiger partial charge in [-0.15, -0.1) is 0 Å². The number of carboxylic acid groups (broad SMARTS) is 1. The number of nitrogens with zero attached hydrogens (tertiary/aromatic N) is 3. The van der Waals surface area contributed by atoms with Crippen molar-refractivity contribution in [3.63, 3.8) is 0 Å². The van der Waals surface area contributed by atoms with E-state index in [0.29, 0.717) is 12.2 Å². The zero-order chi connectivity index (χ0) is 19.6. The third-order valence-corrected chi connectivity index (χ3v) is 4.69. The van der Waals surface area contributed by atoms with E-state index in [-0.39, 0.29) is 24.8 Å². The molecule has 0 aliphatic rings. The van der Waals surface area contributed by atoms with Crippen molar-refractivity contribution < 1.29 is 14.7 Å². The Bertz CT molecular complexity index is 1010. The smallest absolute Gasteiger partial charge is 0.303 e. The Morgan fingerprint density at radius 1 is 1.26 bits per heavy atom. The predicted octanol–water partition coefficient (Wildman–Crippen LogP) is 4.06. The standard InChI is InChI=1S/C20H24N4O3/c1-4-13(3)24-20-15(11-14-10-12(2)8-9-16(14)21-20)19(23-24)22-17(25)6-5-7-18(26)27/h8-11,13H,4-7H2,1-3H3,(H,26,27)(H,22,23,25)/t13-/m1/s1. The van der Waals surface area contributed by atoms with Gasteiger partial charge in [-0.25, -0.2) is 9.67 Å². The van der Waals surface area contributed by atoms with Crippen molar-refractivity contribution in [2.45, 2.75) is 52.5 Å². The van der Waals surface area contributed by atoms with E-state index in [0.717, 1.165) is 33.9 Å². The van der Waals surface area contributed by atoms with Crippen LogP contribution in [0.25, 0.3) is 21.9 Å². The first-order chi connectivity index (χ1) is 12.9. The molecule has 2 heterocycles. The van der Waals surface area contributed by atoms with Crippen LogP contribution in [0, 0.1) is 6.92 Å². The van der Waals surface area contributed by atoms with Crippen LogP contribution in [0.1, 0.15) is 51.1 Å². The summed E-state index contributed by atoms with van der Waals surface area (Å²) in [6.45, 7) is 6.16. The number of carbonyl (C=O) groups is 2. The lowest BCUT2D eigenvalue weighted by Gasteiger charge is -2.10. The van der Waals surface area contributed by atoms with E-state index in [2.05, 4.69) is 30.3 Å². The molecule has 0 aliphatic heterocycles. The van der Waals surface area contributed by atoms with E-state index in [1.807, 2.05) is 29.8 Å². The molecule has 27 heavy (non-hydrogen) atoms. The van der Waals surface area contributed by atoms with Crippen LogP contribution < -0.4 is 5.32 Å². The minimum absolute atomic E-state index is 0.0268. The highest BCUT2D eigenvalue weighted by Gasteiger charge is 2.18. The maximum absolute atomic E-state index is 12.2. The summed E-state index contributed by atoms with van der Waals surface area (Å²) in [5.74, 6) is -0.668. The summed E-state index contributed by atoms with van der Waals surface area (Å²) in [5.41, 5.74) is 2.76. The molecule has 1 aromatic carbocycles. The normalized spacial score (nSPS) is 12.4. The molecule has 0 saturated heterocycles. The van der Waals surface area contributed by atoms with E-state index in [4.69, 9.17) is 10.1 Å². The lowest BCUT2D eigenvalue weighted by Crippen LogP contribution is -2.13. The molecule has 0 fully saturated rings. The number of carboxylic acids is 1. The summed E-state index contributed by atoms with van der Waals surface area (Å²) in [6.07, 6.45) is 1.30. The fourth-order valence-corrected chi connectivity index (χ4v) is 3.01. The Morgan fingerprint density at radius 3 is 2.74 bits per heavy atom. The van der Waals surface area contributed by atoms with Crippen LogP contribution >= 0.6 is 0 Å². The van der Waals surface area contributed by atoms with Crippen LogP contribution in [0.2, 0.25) is 0 Å². The first-order valence-electron chi connectivity index (χ1n) is 9.20. The van der Waals surface area contributed by atoms with Crippen molar-refractivity contribution in [1.82, 2.24) is 14.8 Å². The largest absolute Gasteiger partial charge is 0.481 e. The van der Waals surface area contributed by atoms with Gasteiger partial charge >= 0.3 is 5.97 Å². The molecular formula is C20H24N4O3. The number of carbonyl (C=O) groups excluding carboxylic acids is 1. The van der Waals surface area contributed by atoms with E-state index < -0.39 is 5.97 Å². The topological polar surface area (TPSA) is 97.1 Å². The second kappa shape index (κ2) is 7.73. The molecule has 0 saturated carbocycles. The lowest BCUT2D eigenvalue weighted by atomic mass is 10.1. The number of benzene rings is 1. The average Bonchev–Trinajstić information content (AvgIpc) is 2.96. The Labute approximate surface area is 157 Å². The second-order valence-corrected chi connectivity index (χ2v) is 6.90. The third-order valence-electron chi connectivity index (χ3n) is 4.69. The molecule has 142 valence electrons. The van der Waals surface area contributed by atoms with Crippen LogP contribution in [-0.2, 0) is 9.59 Å². The van der Waals surface area contributed by atoms with E-state index in [1.165, 1.54) is 0 Å². The molecule has 2 N–H and O–H groups in total. The number of aryl methyl sites for hydroxylation is 1. The van der Waals surface area contributed by atoms with Gasteiger partial charge in [0.25, 0.3) is 0 Å². The quantitative estimate of drug-likeness (QED) is 0.655. The van der Waals surface area contributed by atoms with Gasteiger partial charge in [-0.05, 0) is 44.9 Å². The number of fused-ring (bicyclic) bond motifs is 2. The average molecular weight is 368 g/mol. The first kappa shape index (κ1) is 18.8. The van der Waals surface area contributed by atoms with Gasteiger partial charge in [0.2, 0.25) is 5.91 Å².